The van der Waals surface area contributed by atoms with Crippen LogP contribution in [0.25, 0.3) is 0 Å². The van der Waals surface area contributed by atoms with Crippen LogP contribution < -0.4 is 0 Å². The van der Waals surface area contributed by atoms with E-state index in [1.807, 2.05) is 12.2 Å². The van der Waals surface area contributed by atoms with Crippen molar-refractivity contribution in [3.63, 3.8) is 0 Å². The molecule has 4 heteroatoms. The molecule has 14 heavy (non-hydrogen) atoms. The van der Waals surface area contributed by atoms with E-state index in [4.69, 9.17) is 4.74 Å². The molecular weight excluding hydrogens is 182 g/mol. The second-order valence-electron chi connectivity index (χ2n) is 3.67. The van der Waals surface area contributed by atoms with Crippen LogP contribution in [0.5, 0.6) is 0 Å². The summed E-state index contributed by atoms with van der Waals surface area (Å²) in [5.41, 5.74) is 0. The fourth-order valence-corrected chi connectivity index (χ4v) is 2.08. The number of esters is 1. The molecule has 0 radical (unpaired) electrons. The summed E-state index contributed by atoms with van der Waals surface area (Å²) in [7, 11) is 0. The number of hydrogen-bond acceptors (Lipinski definition) is 3. The standard InChI is InChI=1S/C10H13NO3/c1-7(12)14-9-6-10(13)11-5-3-2-4-8(9)11/h2-3,8-9H,4-6H2,1H3/t8-,9+/m1/s1. The van der Waals surface area contributed by atoms with Gasteiger partial charge >= 0.3 is 5.97 Å². The van der Waals surface area contributed by atoms with Crippen LogP contribution >= 0.6 is 0 Å². The first-order valence-electron chi connectivity index (χ1n) is 4.80. The van der Waals surface area contributed by atoms with Crippen molar-refractivity contribution < 1.29 is 14.3 Å². The third kappa shape index (κ3) is 1.52. The lowest BCUT2D eigenvalue weighted by molar-refractivity contribution is -0.147. The van der Waals surface area contributed by atoms with Crippen LogP contribution in [0.1, 0.15) is 19.8 Å². The van der Waals surface area contributed by atoms with Crippen LogP contribution in [0, 0.1) is 0 Å². The van der Waals surface area contributed by atoms with E-state index in [-0.39, 0.29) is 24.0 Å². The highest BCUT2D eigenvalue weighted by Crippen LogP contribution is 2.27. The van der Waals surface area contributed by atoms with E-state index in [0.29, 0.717) is 13.0 Å². The second kappa shape index (κ2) is 3.44. The molecule has 2 atom stereocenters. The van der Waals surface area contributed by atoms with E-state index in [1.165, 1.54) is 6.92 Å². The number of fused-ring (bicyclic) bond motifs is 1. The first kappa shape index (κ1) is 9.24. The number of nitrogens with zero attached hydrogens (tertiary/aromatic N) is 1. The molecule has 2 aliphatic heterocycles. The Kier molecular flexibility index (Phi) is 2.27. The average Bonchev–Trinajstić information content (AvgIpc) is 2.44. The largest absolute Gasteiger partial charge is 0.460 e. The molecule has 0 unspecified atom stereocenters. The minimum Gasteiger partial charge on any atom is -0.460 e. The normalized spacial score (nSPS) is 30.4. The zero-order valence-electron chi connectivity index (χ0n) is 8.10. The first-order valence-corrected chi connectivity index (χ1v) is 4.80. The van der Waals surface area contributed by atoms with Gasteiger partial charge in [0.25, 0.3) is 0 Å². The van der Waals surface area contributed by atoms with Crippen molar-refractivity contribution >= 4 is 11.9 Å². The van der Waals surface area contributed by atoms with Gasteiger partial charge in [0.2, 0.25) is 5.91 Å². The minimum absolute atomic E-state index is 0.0661. The van der Waals surface area contributed by atoms with Crippen LogP contribution in [0.2, 0.25) is 0 Å². The summed E-state index contributed by atoms with van der Waals surface area (Å²) in [6, 6.07) is 0.0661. The van der Waals surface area contributed by atoms with E-state index in [9.17, 15) is 9.59 Å². The van der Waals surface area contributed by atoms with Gasteiger partial charge < -0.3 is 9.64 Å². The molecule has 0 aromatic carbocycles. The summed E-state index contributed by atoms with van der Waals surface area (Å²) in [6.45, 7) is 2.03. The maximum atomic E-state index is 11.5. The Morgan fingerprint density at radius 2 is 2.36 bits per heavy atom. The molecule has 1 saturated heterocycles. The SMILES string of the molecule is CC(=O)O[C@H]1CC(=O)N2CC=CC[C@H]12. The maximum absolute atomic E-state index is 11.5. The van der Waals surface area contributed by atoms with Gasteiger partial charge in [0.05, 0.1) is 12.5 Å². The van der Waals surface area contributed by atoms with Gasteiger partial charge in [-0.2, -0.15) is 0 Å². The van der Waals surface area contributed by atoms with Crippen molar-refractivity contribution in [2.24, 2.45) is 0 Å². The molecule has 1 amide bonds. The van der Waals surface area contributed by atoms with Gasteiger partial charge in [-0.25, -0.2) is 0 Å². The van der Waals surface area contributed by atoms with Gasteiger partial charge in [0.1, 0.15) is 6.10 Å². The number of amides is 1. The summed E-state index contributed by atoms with van der Waals surface area (Å²) < 4.78 is 5.12. The van der Waals surface area contributed by atoms with E-state index in [0.717, 1.165) is 6.42 Å². The highest BCUT2D eigenvalue weighted by atomic mass is 16.5. The van der Waals surface area contributed by atoms with Crippen molar-refractivity contribution in [1.82, 2.24) is 4.90 Å². The third-order valence-corrected chi connectivity index (χ3v) is 2.69. The van der Waals surface area contributed by atoms with E-state index in [1.54, 1.807) is 4.90 Å². The second-order valence-corrected chi connectivity index (χ2v) is 3.67. The Labute approximate surface area is 82.5 Å². The lowest BCUT2D eigenvalue weighted by Crippen LogP contribution is -2.40. The number of hydrogen-bond donors (Lipinski definition) is 0. The monoisotopic (exact) mass is 195 g/mol. The molecule has 0 N–H and O–H groups in total. The van der Waals surface area contributed by atoms with E-state index >= 15 is 0 Å². The van der Waals surface area contributed by atoms with Crippen molar-refractivity contribution in [3.8, 4) is 0 Å². The number of carbonyl (C=O) groups is 2. The zero-order valence-corrected chi connectivity index (χ0v) is 8.10. The Balaban J connectivity index is 2.10. The topological polar surface area (TPSA) is 46.6 Å². The quantitative estimate of drug-likeness (QED) is 0.451. The Morgan fingerprint density at radius 3 is 3.07 bits per heavy atom. The molecule has 0 aliphatic carbocycles. The molecule has 0 saturated carbocycles. The highest BCUT2D eigenvalue weighted by Gasteiger charge is 2.41. The number of rotatable bonds is 1. The summed E-state index contributed by atoms with van der Waals surface area (Å²) >= 11 is 0. The lowest BCUT2D eigenvalue weighted by atomic mass is 10.1. The van der Waals surface area contributed by atoms with Crippen molar-refractivity contribution in [1.29, 1.82) is 0 Å². The molecule has 76 valence electrons. The van der Waals surface area contributed by atoms with Crippen LogP contribution in [-0.2, 0) is 14.3 Å². The molecule has 0 spiro atoms. The van der Waals surface area contributed by atoms with E-state index < -0.39 is 0 Å². The van der Waals surface area contributed by atoms with Crippen LogP contribution in [0.15, 0.2) is 12.2 Å². The number of carbonyl (C=O) groups excluding carboxylic acids is 2. The van der Waals surface area contributed by atoms with Crippen LogP contribution in [0.3, 0.4) is 0 Å². The van der Waals surface area contributed by atoms with E-state index in [2.05, 4.69) is 0 Å². The van der Waals surface area contributed by atoms with Gasteiger partial charge in [-0.3, -0.25) is 9.59 Å². The number of ether oxygens (including phenoxy) is 1. The summed E-state index contributed by atoms with van der Waals surface area (Å²) in [5, 5.41) is 0. The third-order valence-electron chi connectivity index (χ3n) is 2.69. The summed E-state index contributed by atoms with van der Waals surface area (Å²) in [5.74, 6) is -0.218. The average molecular weight is 195 g/mol. The minimum atomic E-state index is -0.306. The van der Waals surface area contributed by atoms with Crippen molar-refractivity contribution in [2.45, 2.75) is 31.9 Å². The maximum Gasteiger partial charge on any atom is 0.302 e. The first-order chi connectivity index (χ1) is 6.68. The van der Waals surface area contributed by atoms with Gasteiger partial charge in [0, 0.05) is 13.5 Å². The molecule has 0 bridgehead atoms. The fraction of sp³-hybridized carbons (Fsp3) is 0.600. The van der Waals surface area contributed by atoms with Crippen LogP contribution in [0.4, 0.5) is 0 Å². The lowest BCUT2D eigenvalue weighted by Gasteiger charge is -2.28. The van der Waals surface area contributed by atoms with Gasteiger partial charge in [-0.05, 0) is 6.42 Å². The fourth-order valence-electron chi connectivity index (χ4n) is 2.08. The zero-order chi connectivity index (χ0) is 10.1. The molecule has 2 heterocycles. The van der Waals surface area contributed by atoms with Crippen molar-refractivity contribution in [2.75, 3.05) is 6.54 Å². The van der Waals surface area contributed by atoms with Gasteiger partial charge in [0.15, 0.2) is 0 Å². The van der Waals surface area contributed by atoms with Gasteiger partial charge in [-0.15, -0.1) is 0 Å². The van der Waals surface area contributed by atoms with Crippen LogP contribution in [-0.4, -0.2) is 35.5 Å². The highest BCUT2D eigenvalue weighted by molar-refractivity contribution is 5.81. The molecule has 4 nitrogen and oxygen atoms in total. The Hall–Kier alpha value is -1.32. The molecule has 2 aliphatic rings. The predicted octanol–water partition coefficient (Wildman–Crippen LogP) is 0.479. The van der Waals surface area contributed by atoms with Gasteiger partial charge in [-0.1, -0.05) is 12.2 Å². The smallest absolute Gasteiger partial charge is 0.302 e. The molecule has 0 aromatic heterocycles. The predicted molar refractivity (Wildman–Crippen MR) is 49.4 cm³/mol. The Morgan fingerprint density at radius 1 is 1.57 bits per heavy atom. The summed E-state index contributed by atoms with van der Waals surface area (Å²) in [6.07, 6.45) is 4.90. The molecule has 2 rings (SSSR count). The summed E-state index contributed by atoms with van der Waals surface area (Å²) in [4.78, 5) is 24.1. The molecular formula is C10H13NO3. The molecule has 0 aromatic rings. The molecule has 1 fully saturated rings. The Bertz CT molecular complexity index is 298. The van der Waals surface area contributed by atoms with Crippen molar-refractivity contribution in [3.05, 3.63) is 12.2 Å².